The molecule has 6 nitrogen and oxygen atoms in total. The summed E-state index contributed by atoms with van der Waals surface area (Å²) in [6.45, 7) is 0. The molecule has 1 aliphatic heterocycles. The summed E-state index contributed by atoms with van der Waals surface area (Å²) in [4.78, 5) is 44.8. The molecule has 2 aromatic rings. The number of hydrogen-bond acceptors (Lipinski definition) is 4. The van der Waals surface area contributed by atoms with Gasteiger partial charge in [0.1, 0.15) is 0 Å². The molecule has 2 fully saturated rings. The van der Waals surface area contributed by atoms with Crippen LogP contribution in [0.15, 0.2) is 65.4 Å². The number of imide groups is 1. The minimum absolute atomic E-state index is 0.00376. The maximum Gasteiger partial charge on any atom is 0.234 e. The van der Waals surface area contributed by atoms with Gasteiger partial charge in [-0.05, 0) is 48.1 Å². The van der Waals surface area contributed by atoms with Crippen molar-refractivity contribution in [2.75, 3.05) is 5.32 Å². The third kappa shape index (κ3) is 3.17. The number of likely N-dealkylation sites (tertiary alicyclic amines) is 1. The highest BCUT2D eigenvalue weighted by molar-refractivity contribution is 9.10. The van der Waals surface area contributed by atoms with Crippen LogP contribution in [0, 0.1) is 23.7 Å². The normalized spacial score (nSPS) is 27.4. The van der Waals surface area contributed by atoms with Gasteiger partial charge in [0.25, 0.3) is 0 Å². The number of carbonyl (C=O) groups excluding carboxylic acids is 3. The van der Waals surface area contributed by atoms with Gasteiger partial charge in [-0.25, -0.2) is 0 Å². The lowest BCUT2D eigenvalue weighted by Gasteiger charge is -2.28. The molecular formula is C23H20BrN3O3. The van der Waals surface area contributed by atoms with Gasteiger partial charge >= 0.3 is 0 Å². The molecular weight excluding hydrogens is 446 g/mol. The fraction of sp³-hybridized carbons (Fsp3) is 0.304. The standard InChI is InChI=1S/C23H20BrN3O3/c24-16-7-5-13(6-8-16)18(11-19(28)26-17-2-1-9-25-12-17)27-22(29)20-14-3-4-15(10-14)21(20)23(27)30/h1-9,12,14-15,18,20-21H,10-11H2,(H,26,28). The Hall–Kier alpha value is -2.80. The van der Waals surface area contributed by atoms with Crippen molar-refractivity contribution in [1.29, 1.82) is 0 Å². The second-order valence-corrected chi connectivity index (χ2v) is 9.02. The van der Waals surface area contributed by atoms with Crippen LogP contribution in [0.2, 0.25) is 0 Å². The third-order valence-corrected chi connectivity index (χ3v) is 6.92. The number of hydrogen-bond donors (Lipinski definition) is 1. The van der Waals surface area contributed by atoms with Crippen molar-refractivity contribution < 1.29 is 14.4 Å². The number of anilines is 1. The summed E-state index contributed by atoms with van der Waals surface area (Å²) < 4.78 is 0.892. The number of nitrogens with one attached hydrogen (secondary N) is 1. The zero-order chi connectivity index (χ0) is 20.8. The fourth-order valence-electron chi connectivity index (χ4n) is 5.10. The number of nitrogens with zero attached hydrogens (tertiary/aromatic N) is 2. The lowest BCUT2D eigenvalue weighted by Crippen LogP contribution is -2.38. The van der Waals surface area contributed by atoms with Crippen molar-refractivity contribution in [2.45, 2.75) is 18.9 Å². The lowest BCUT2D eigenvalue weighted by molar-refractivity contribution is -0.144. The van der Waals surface area contributed by atoms with E-state index in [2.05, 4.69) is 38.4 Å². The minimum atomic E-state index is -0.639. The average Bonchev–Trinajstić information content (AvgIpc) is 3.42. The highest BCUT2D eigenvalue weighted by Gasteiger charge is 2.60. The van der Waals surface area contributed by atoms with Gasteiger partial charge in [0.05, 0.1) is 36.2 Å². The van der Waals surface area contributed by atoms with E-state index in [0.29, 0.717) is 5.69 Å². The zero-order valence-corrected chi connectivity index (χ0v) is 17.7. The number of fused-ring (bicyclic) bond motifs is 5. The molecule has 3 aliphatic rings. The number of benzene rings is 1. The molecule has 2 aliphatic carbocycles. The van der Waals surface area contributed by atoms with E-state index in [1.807, 2.05) is 24.3 Å². The van der Waals surface area contributed by atoms with Gasteiger partial charge in [0.15, 0.2) is 0 Å². The molecule has 1 saturated heterocycles. The molecule has 7 heteroatoms. The third-order valence-electron chi connectivity index (χ3n) is 6.39. The lowest BCUT2D eigenvalue weighted by atomic mass is 9.85. The monoisotopic (exact) mass is 465 g/mol. The molecule has 5 rings (SSSR count). The van der Waals surface area contributed by atoms with Gasteiger partial charge in [-0.15, -0.1) is 0 Å². The zero-order valence-electron chi connectivity index (χ0n) is 16.1. The van der Waals surface area contributed by atoms with Crippen LogP contribution in [0.3, 0.4) is 0 Å². The molecule has 0 spiro atoms. The summed E-state index contributed by atoms with van der Waals surface area (Å²) in [7, 11) is 0. The average molecular weight is 466 g/mol. The molecule has 3 amide bonds. The summed E-state index contributed by atoms with van der Waals surface area (Å²) in [6.07, 6.45) is 8.21. The first-order valence-electron chi connectivity index (χ1n) is 10.0. The van der Waals surface area contributed by atoms with Gasteiger partial charge < -0.3 is 5.32 Å². The van der Waals surface area contributed by atoms with Crippen molar-refractivity contribution >= 4 is 39.3 Å². The van der Waals surface area contributed by atoms with Crippen molar-refractivity contribution in [3.8, 4) is 0 Å². The Morgan fingerprint density at radius 1 is 1.10 bits per heavy atom. The topological polar surface area (TPSA) is 79.4 Å². The summed E-state index contributed by atoms with van der Waals surface area (Å²) in [6, 6.07) is 10.3. The van der Waals surface area contributed by atoms with Crippen LogP contribution < -0.4 is 5.32 Å². The van der Waals surface area contributed by atoms with E-state index in [1.165, 1.54) is 4.90 Å². The second kappa shape index (κ2) is 7.47. The molecule has 30 heavy (non-hydrogen) atoms. The Bertz CT molecular complexity index is 1010. The van der Waals surface area contributed by atoms with Crippen LogP contribution in [-0.2, 0) is 14.4 Å². The van der Waals surface area contributed by atoms with Crippen molar-refractivity contribution in [1.82, 2.24) is 9.88 Å². The summed E-state index contributed by atoms with van der Waals surface area (Å²) in [5.41, 5.74) is 1.34. The van der Waals surface area contributed by atoms with E-state index in [9.17, 15) is 14.4 Å². The quantitative estimate of drug-likeness (QED) is 0.538. The highest BCUT2D eigenvalue weighted by Crippen LogP contribution is 2.54. The minimum Gasteiger partial charge on any atom is -0.325 e. The largest absolute Gasteiger partial charge is 0.325 e. The van der Waals surface area contributed by atoms with Gasteiger partial charge in [-0.2, -0.15) is 0 Å². The van der Waals surface area contributed by atoms with Crippen LogP contribution in [-0.4, -0.2) is 27.6 Å². The fourth-order valence-corrected chi connectivity index (χ4v) is 5.36. The Kier molecular flexibility index (Phi) is 4.77. The van der Waals surface area contributed by atoms with E-state index in [1.54, 1.807) is 24.5 Å². The number of rotatable bonds is 5. The predicted octanol–water partition coefficient (Wildman–Crippen LogP) is 3.72. The summed E-state index contributed by atoms with van der Waals surface area (Å²) in [5.74, 6) is -0.867. The Morgan fingerprint density at radius 3 is 2.37 bits per heavy atom. The smallest absolute Gasteiger partial charge is 0.234 e. The Balaban J connectivity index is 1.44. The van der Waals surface area contributed by atoms with Gasteiger partial charge in [-0.1, -0.05) is 40.2 Å². The van der Waals surface area contributed by atoms with E-state index >= 15 is 0 Å². The van der Waals surface area contributed by atoms with Gasteiger partial charge in [0, 0.05) is 10.7 Å². The van der Waals surface area contributed by atoms with Crippen LogP contribution in [0.25, 0.3) is 0 Å². The first-order valence-corrected chi connectivity index (χ1v) is 10.8. The number of aromatic nitrogens is 1. The number of carbonyl (C=O) groups is 3. The van der Waals surface area contributed by atoms with E-state index in [4.69, 9.17) is 0 Å². The summed E-state index contributed by atoms with van der Waals surface area (Å²) in [5, 5.41) is 2.81. The second-order valence-electron chi connectivity index (χ2n) is 8.11. The number of amides is 3. The molecule has 1 saturated carbocycles. The maximum absolute atomic E-state index is 13.3. The van der Waals surface area contributed by atoms with Crippen LogP contribution in [0.1, 0.15) is 24.4 Å². The van der Waals surface area contributed by atoms with Gasteiger partial charge in [-0.3, -0.25) is 24.3 Å². The molecule has 1 aromatic heterocycles. The number of halogens is 1. The molecule has 1 N–H and O–H groups in total. The molecule has 5 unspecified atom stereocenters. The van der Waals surface area contributed by atoms with Crippen molar-refractivity contribution in [2.24, 2.45) is 23.7 Å². The van der Waals surface area contributed by atoms with E-state index in [0.717, 1.165) is 16.5 Å². The molecule has 2 bridgehead atoms. The van der Waals surface area contributed by atoms with E-state index in [-0.39, 0.29) is 47.8 Å². The molecule has 152 valence electrons. The van der Waals surface area contributed by atoms with E-state index < -0.39 is 6.04 Å². The molecule has 0 radical (unpaired) electrons. The molecule has 5 atom stereocenters. The number of allylic oxidation sites excluding steroid dienone is 2. The van der Waals surface area contributed by atoms with Crippen molar-refractivity contribution in [3.05, 3.63) is 71.0 Å². The summed E-state index contributed by atoms with van der Waals surface area (Å²) >= 11 is 3.42. The van der Waals surface area contributed by atoms with Crippen LogP contribution in [0.5, 0.6) is 0 Å². The highest BCUT2D eigenvalue weighted by atomic mass is 79.9. The maximum atomic E-state index is 13.3. The molecule has 2 heterocycles. The predicted molar refractivity (Wildman–Crippen MR) is 114 cm³/mol. The van der Waals surface area contributed by atoms with Crippen LogP contribution >= 0.6 is 15.9 Å². The molecule has 1 aromatic carbocycles. The Morgan fingerprint density at radius 2 is 1.77 bits per heavy atom. The number of pyridine rings is 1. The SMILES string of the molecule is O=C(CC(c1ccc(Br)cc1)N1C(=O)C2C3C=CC(C3)C2C1=O)Nc1cccnc1. The van der Waals surface area contributed by atoms with Crippen molar-refractivity contribution in [3.63, 3.8) is 0 Å². The van der Waals surface area contributed by atoms with Gasteiger partial charge in [0.2, 0.25) is 17.7 Å². The first-order chi connectivity index (χ1) is 14.5. The Labute approximate surface area is 182 Å². The first kappa shape index (κ1) is 19.2. The van der Waals surface area contributed by atoms with Crippen LogP contribution in [0.4, 0.5) is 5.69 Å².